The highest BCUT2D eigenvalue weighted by Crippen LogP contribution is 2.37. The first kappa shape index (κ1) is 42.9. The van der Waals surface area contributed by atoms with Crippen molar-refractivity contribution >= 4 is 5.97 Å². The summed E-state index contributed by atoms with van der Waals surface area (Å²) in [6, 6.07) is -0.670. The summed E-state index contributed by atoms with van der Waals surface area (Å²) in [7, 11) is 6.53. The molecule has 5 N–H and O–H groups in total. The van der Waals surface area contributed by atoms with Crippen molar-refractivity contribution in [1.29, 1.82) is 0 Å². The second kappa shape index (κ2) is 19.5. The van der Waals surface area contributed by atoms with Crippen LogP contribution >= 0.6 is 0 Å². The average molecular weight is 718 g/mol. The Kier molecular flexibility index (Phi) is 16.7. The number of methoxy groups -OCH3 is 2. The number of aliphatic hydroxyl groups is 5. The zero-order valence-electron chi connectivity index (χ0n) is 31.2. The number of esters is 1. The number of hydrogen-bond donors (Lipinski definition) is 5. The fourth-order valence-corrected chi connectivity index (χ4v) is 7.33. The van der Waals surface area contributed by atoms with Crippen molar-refractivity contribution in [2.75, 3.05) is 34.9 Å². The Bertz CT molecular complexity index is 1090. The maximum atomic E-state index is 13.1. The summed E-state index contributed by atoms with van der Waals surface area (Å²) in [6.45, 7) is 8.47. The zero-order chi connectivity index (χ0) is 37.3. The second-order valence-electron chi connectivity index (χ2n) is 14.6. The van der Waals surface area contributed by atoms with E-state index in [1.165, 1.54) is 21.1 Å². The molecule has 50 heavy (non-hydrogen) atoms. The van der Waals surface area contributed by atoms with Gasteiger partial charge in [0.25, 0.3) is 0 Å². The molecule has 290 valence electrons. The lowest BCUT2D eigenvalue weighted by molar-refractivity contribution is -0.344. The summed E-state index contributed by atoms with van der Waals surface area (Å²) in [5, 5.41) is 54.3. The van der Waals surface area contributed by atoms with Gasteiger partial charge in [-0.05, 0) is 66.5 Å². The van der Waals surface area contributed by atoms with Crippen LogP contribution in [0.2, 0.25) is 0 Å². The number of carbonyl (C=O) groups excluding carboxylic acids is 1. The van der Waals surface area contributed by atoms with Gasteiger partial charge in [0, 0.05) is 33.7 Å². The molecule has 0 saturated carbocycles. The van der Waals surface area contributed by atoms with E-state index in [9.17, 15) is 30.3 Å². The van der Waals surface area contributed by atoms with Gasteiger partial charge in [-0.3, -0.25) is 4.79 Å². The summed E-state index contributed by atoms with van der Waals surface area (Å²) in [6.07, 6.45) is -2.22. The van der Waals surface area contributed by atoms with Crippen molar-refractivity contribution < 1.29 is 63.5 Å². The largest absolute Gasteiger partial charge is 0.462 e. The van der Waals surface area contributed by atoms with E-state index in [0.29, 0.717) is 12.8 Å². The fourth-order valence-electron chi connectivity index (χ4n) is 7.33. The summed E-state index contributed by atoms with van der Waals surface area (Å²) in [5.74, 6) is -1.19. The molecule has 0 radical (unpaired) electrons. The Hall–Kier alpha value is -1.53. The van der Waals surface area contributed by atoms with Gasteiger partial charge in [0.2, 0.25) is 0 Å². The molecule has 0 unspecified atom stereocenters. The second-order valence-corrected chi connectivity index (χ2v) is 14.6. The van der Waals surface area contributed by atoms with E-state index >= 15 is 0 Å². The predicted octanol–water partition coefficient (Wildman–Crippen LogP) is 1.29. The minimum Gasteiger partial charge on any atom is -0.462 e. The molecule has 0 amide bonds. The molecule has 0 aromatic carbocycles. The first-order chi connectivity index (χ1) is 23.5. The molecule has 14 nitrogen and oxygen atoms in total. The van der Waals surface area contributed by atoms with Gasteiger partial charge in [0.15, 0.2) is 12.6 Å². The maximum Gasteiger partial charge on any atom is 0.308 e. The number of hydrogen-bond acceptors (Lipinski definition) is 14. The molecule has 0 aromatic rings. The molecule has 3 aliphatic rings. The van der Waals surface area contributed by atoms with E-state index < -0.39 is 97.1 Å². The third-order valence-corrected chi connectivity index (χ3v) is 10.2. The molecule has 2 fully saturated rings. The number of likely N-dealkylation sites (N-methyl/N-ethyl adjacent to an activating group) is 1. The van der Waals surface area contributed by atoms with Crippen molar-refractivity contribution in [3.05, 3.63) is 24.3 Å². The first-order valence-electron chi connectivity index (χ1n) is 17.8. The monoisotopic (exact) mass is 717 g/mol. The van der Waals surface area contributed by atoms with Gasteiger partial charge in [-0.15, -0.1) is 0 Å². The van der Waals surface area contributed by atoms with Gasteiger partial charge < -0.3 is 63.6 Å². The van der Waals surface area contributed by atoms with Crippen LogP contribution in [-0.4, -0.2) is 157 Å². The summed E-state index contributed by atoms with van der Waals surface area (Å²) in [4.78, 5) is 14.9. The number of nitrogens with zero attached hydrogens (tertiary/aromatic N) is 1. The zero-order valence-corrected chi connectivity index (χ0v) is 31.2. The third-order valence-electron chi connectivity index (χ3n) is 10.2. The normalized spacial score (nSPS) is 45.6. The summed E-state index contributed by atoms with van der Waals surface area (Å²) < 4.78 is 42.7. The van der Waals surface area contributed by atoms with E-state index in [2.05, 4.69) is 0 Å². The molecule has 0 aromatic heterocycles. The molecule has 3 heterocycles. The fraction of sp³-hybridized carbons (Fsp3) is 0.861. The van der Waals surface area contributed by atoms with Gasteiger partial charge in [0.05, 0.1) is 48.6 Å². The van der Waals surface area contributed by atoms with Crippen LogP contribution in [0.4, 0.5) is 0 Å². The molecule has 0 spiro atoms. The molecule has 0 aliphatic carbocycles. The quantitative estimate of drug-likeness (QED) is 0.215. The van der Waals surface area contributed by atoms with E-state index in [4.69, 9.17) is 33.2 Å². The highest BCUT2D eigenvalue weighted by Gasteiger charge is 2.51. The van der Waals surface area contributed by atoms with Crippen LogP contribution in [0.15, 0.2) is 24.3 Å². The average Bonchev–Trinajstić information content (AvgIpc) is 3.03. The molecule has 0 bridgehead atoms. The standard InChI is InChI=1S/C36H63NO13/c1-20-17-24(15-16-38)32(33(45-9)26(44-8)18-27(40)46-21(2)13-11-10-12-14-25(20)39)50-35-30(41)29(37(6)7)31(22(3)48-35)49-28-19-36(5,43)34(42)23(4)47-28/h10-12,14,20-26,28-35,38-39,41-43H,13,15-19H2,1-9H3/b11-10+,14-12+/t20-,21-,22+,23+,24-,25-,26+,28+,29+,30+,31-,32-,33-,34+,35-,36+/m0/s1. The Morgan fingerprint density at radius 1 is 0.960 bits per heavy atom. The smallest absolute Gasteiger partial charge is 0.308 e. The van der Waals surface area contributed by atoms with Gasteiger partial charge in [-0.25, -0.2) is 0 Å². The third kappa shape index (κ3) is 11.2. The Morgan fingerprint density at radius 2 is 1.66 bits per heavy atom. The molecular formula is C36H63NO13. The molecule has 3 rings (SSSR count). The van der Waals surface area contributed by atoms with Crippen LogP contribution in [-0.2, 0) is 38.0 Å². The van der Waals surface area contributed by atoms with Crippen LogP contribution in [0.5, 0.6) is 0 Å². The van der Waals surface area contributed by atoms with E-state index in [0.717, 1.165) is 0 Å². The molecule has 3 aliphatic heterocycles. The Balaban J connectivity index is 1.97. The number of aliphatic hydroxyl groups excluding tert-OH is 4. The van der Waals surface area contributed by atoms with Crippen molar-refractivity contribution in [2.45, 2.75) is 152 Å². The highest BCUT2D eigenvalue weighted by atomic mass is 16.7. The number of rotatable bonds is 9. The lowest BCUT2D eigenvalue weighted by atomic mass is 9.82. The number of ether oxygens (including phenoxy) is 7. The van der Waals surface area contributed by atoms with Gasteiger partial charge in [-0.2, -0.15) is 0 Å². The van der Waals surface area contributed by atoms with Gasteiger partial charge >= 0.3 is 5.97 Å². The molecule has 14 heteroatoms. The highest BCUT2D eigenvalue weighted by molar-refractivity contribution is 5.70. The number of carbonyl (C=O) groups is 1. The lowest BCUT2D eigenvalue weighted by Crippen LogP contribution is -2.65. The minimum atomic E-state index is -1.44. The van der Waals surface area contributed by atoms with Crippen LogP contribution in [0.3, 0.4) is 0 Å². The topological polar surface area (TPSA) is 186 Å². The van der Waals surface area contributed by atoms with E-state index in [-0.39, 0.29) is 31.8 Å². The SMILES string of the molecule is CO[C@@H]1[C@@H](O[C@@H]2O[C@H](C)[C@H](O[C@@H]3C[C@@](C)(O)[C@H](O)[C@@H](C)O3)[C@H](N(C)C)[C@H]2O)[C@@H](CCO)C[C@H](C)[C@@H](O)/C=C/C=C/C[C@H](C)OC(=O)C[C@H]1OC. The minimum absolute atomic E-state index is 0.00740. The van der Waals surface area contributed by atoms with Crippen molar-refractivity contribution in [1.82, 2.24) is 4.90 Å². The van der Waals surface area contributed by atoms with Crippen LogP contribution in [0, 0.1) is 11.8 Å². The molecule has 16 atom stereocenters. The number of cyclic esters (lactones) is 1. The maximum absolute atomic E-state index is 13.1. The van der Waals surface area contributed by atoms with Crippen LogP contribution < -0.4 is 0 Å². The predicted molar refractivity (Wildman–Crippen MR) is 183 cm³/mol. The number of allylic oxidation sites excluding steroid dienone is 2. The van der Waals surface area contributed by atoms with Crippen LogP contribution in [0.1, 0.15) is 66.7 Å². The summed E-state index contributed by atoms with van der Waals surface area (Å²) in [5.41, 5.74) is -1.44. The van der Waals surface area contributed by atoms with E-state index in [1.54, 1.807) is 58.0 Å². The van der Waals surface area contributed by atoms with Crippen LogP contribution in [0.25, 0.3) is 0 Å². The van der Waals surface area contributed by atoms with E-state index in [1.807, 2.05) is 13.0 Å². The molecular weight excluding hydrogens is 654 g/mol. The first-order valence-corrected chi connectivity index (χ1v) is 17.8. The van der Waals surface area contributed by atoms with Crippen molar-refractivity contribution in [3.63, 3.8) is 0 Å². The molecule has 2 saturated heterocycles. The Morgan fingerprint density at radius 3 is 2.26 bits per heavy atom. The van der Waals surface area contributed by atoms with Gasteiger partial charge in [0.1, 0.15) is 30.5 Å². The Labute approximate surface area is 297 Å². The lowest BCUT2D eigenvalue weighted by Gasteiger charge is -2.50. The summed E-state index contributed by atoms with van der Waals surface area (Å²) >= 11 is 0. The van der Waals surface area contributed by atoms with Gasteiger partial charge in [-0.1, -0.05) is 31.2 Å². The van der Waals surface area contributed by atoms with Crippen molar-refractivity contribution in [2.24, 2.45) is 11.8 Å². The van der Waals surface area contributed by atoms with Crippen molar-refractivity contribution in [3.8, 4) is 0 Å².